The number of carbonyl (C=O) groups is 1. The van der Waals surface area contributed by atoms with Crippen LogP contribution < -0.4 is 5.32 Å². The van der Waals surface area contributed by atoms with E-state index < -0.39 is 0 Å². The van der Waals surface area contributed by atoms with E-state index in [1.807, 2.05) is 61.5 Å². The second-order valence-corrected chi connectivity index (χ2v) is 9.59. The van der Waals surface area contributed by atoms with Crippen molar-refractivity contribution in [2.45, 2.75) is 13.3 Å². The first-order chi connectivity index (χ1) is 16.8. The standard InChI is InChI=1S/C27H21Cl4N3O/c1-17-24(10-12-26(35)32-14-13-18-3-2-4-21(29)15-18)33-34(25-11-9-22(30)16-23(25)31)27(17)19-5-7-20(28)8-6-19/h2-12,15-16H,13-14H2,1H3,(H,32,35)/b12-10+. The third kappa shape index (κ3) is 6.28. The quantitative estimate of drug-likeness (QED) is 0.241. The molecule has 8 heteroatoms. The topological polar surface area (TPSA) is 46.9 Å². The number of hydrogen-bond acceptors (Lipinski definition) is 2. The molecule has 0 atom stereocenters. The van der Waals surface area contributed by atoms with Gasteiger partial charge in [-0.05, 0) is 67.4 Å². The molecule has 0 radical (unpaired) electrons. The van der Waals surface area contributed by atoms with Gasteiger partial charge in [-0.3, -0.25) is 4.79 Å². The summed E-state index contributed by atoms with van der Waals surface area (Å²) in [6, 6.07) is 20.3. The van der Waals surface area contributed by atoms with Crippen molar-refractivity contribution in [2.75, 3.05) is 6.54 Å². The lowest BCUT2D eigenvalue weighted by Gasteiger charge is -2.11. The van der Waals surface area contributed by atoms with Crippen LogP contribution >= 0.6 is 46.4 Å². The minimum Gasteiger partial charge on any atom is -0.352 e. The number of nitrogens with zero attached hydrogens (tertiary/aromatic N) is 2. The van der Waals surface area contributed by atoms with Crippen LogP contribution in [0.1, 0.15) is 16.8 Å². The summed E-state index contributed by atoms with van der Waals surface area (Å²) in [4.78, 5) is 12.4. The minimum absolute atomic E-state index is 0.210. The Balaban J connectivity index is 1.59. The maximum Gasteiger partial charge on any atom is 0.244 e. The smallest absolute Gasteiger partial charge is 0.244 e. The van der Waals surface area contributed by atoms with E-state index in [4.69, 9.17) is 51.5 Å². The molecule has 4 rings (SSSR count). The lowest BCUT2D eigenvalue weighted by molar-refractivity contribution is -0.116. The highest BCUT2D eigenvalue weighted by Crippen LogP contribution is 2.33. The van der Waals surface area contributed by atoms with Crippen molar-refractivity contribution in [3.63, 3.8) is 0 Å². The van der Waals surface area contributed by atoms with Gasteiger partial charge in [-0.25, -0.2) is 4.68 Å². The van der Waals surface area contributed by atoms with Crippen molar-refractivity contribution >= 4 is 58.4 Å². The van der Waals surface area contributed by atoms with Gasteiger partial charge in [0, 0.05) is 38.8 Å². The highest BCUT2D eigenvalue weighted by molar-refractivity contribution is 6.35. The fraction of sp³-hybridized carbons (Fsp3) is 0.111. The summed E-state index contributed by atoms with van der Waals surface area (Å²) in [5.41, 5.74) is 5.02. The van der Waals surface area contributed by atoms with Crippen molar-refractivity contribution < 1.29 is 4.79 Å². The van der Waals surface area contributed by atoms with E-state index in [9.17, 15) is 4.79 Å². The molecule has 4 nitrogen and oxygen atoms in total. The first-order valence-corrected chi connectivity index (χ1v) is 12.3. The van der Waals surface area contributed by atoms with Crippen molar-refractivity contribution in [3.8, 4) is 16.9 Å². The van der Waals surface area contributed by atoms with Gasteiger partial charge in [0.2, 0.25) is 5.91 Å². The van der Waals surface area contributed by atoms with Crippen LogP contribution in [0.5, 0.6) is 0 Å². The highest BCUT2D eigenvalue weighted by atomic mass is 35.5. The Labute approximate surface area is 224 Å². The molecule has 0 aliphatic rings. The zero-order valence-corrected chi connectivity index (χ0v) is 21.8. The zero-order valence-electron chi connectivity index (χ0n) is 18.7. The molecule has 4 aromatic rings. The molecule has 0 aliphatic heterocycles. The van der Waals surface area contributed by atoms with Gasteiger partial charge < -0.3 is 5.32 Å². The third-order valence-electron chi connectivity index (χ3n) is 5.41. The van der Waals surface area contributed by atoms with E-state index in [0.29, 0.717) is 44.4 Å². The molecule has 0 unspecified atom stereocenters. The van der Waals surface area contributed by atoms with E-state index in [-0.39, 0.29) is 5.91 Å². The summed E-state index contributed by atoms with van der Waals surface area (Å²) in [5, 5.41) is 9.96. The molecule has 0 saturated heterocycles. The molecule has 0 fully saturated rings. The molecule has 35 heavy (non-hydrogen) atoms. The fourth-order valence-corrected chi connectivity index (χ4v) is 4.51. The summed E-state index contributed by atoms with van der Waals surface area (Å²) >= 11 is 24.7. The van der Waals surface area contributed by atoms with E-state index in [0.717, 1.165) is 22.4 Å². The summed E-state index contributed by atoms with van der Waals surface area (Å²) in [6.45, 7) is 2.45. The maximum absolute atomic E-state index is 12.4. The van der Waals surface area contributed by atoms with E-state index >= 15 is 0 Å². The number of carbonyl (C=O) groups excluding carboxylic acids is 1. The van der Waals surface area contributed by atoms with Gasteiger partial charge in [0.1, 0.15) is 0 Å². The molecule has 0 saturated carbocycles. The van der Waals surface area contributed by atoms with Crippen LogP contribution in [-0.4, -0.2) is 22.2 Å². The molecule has 1 N–H and O–H groups in total. The number of hydrogen-bond donors (Lipinski definition) is 1. The van der Waals surface area contributed by atoms with Crippen molar-refractivity contribution in [1.29, 1.82) is 0 Å². The van der Waals surface area contributed by atoms with Gasteiger partial charge in [-0.1, -0.05) is 70.7 Å². The van der Waals surface area contributed by atoms with E-state index in [1.54, 1.807) is 22.9 Å². The Kier molecular flexibility index (Phi) is 8.19. The fourth-order valence-electron chi connectivity index (χ4n) is 3.68. The van der Waals surface area contributed by atoms with Gasteiger partial charge in [-0.2, -0.15) is 5.10 Å². The van der Waals surface area contributed by atoms with E-state index in [1.165, 1.54) is 6.08 Å². The highest BCUT2D eigenvalue weighted by Gasteiger charge is 2.18. The van der Waals surface area contributed by atoms with Crippen LogP contribution in [-0.2, 0) is 11.2 Å². The van der Waals surface area contributed by atoms with Gasteiger partial charge in [0.15, 0.2) is 0 Å². The number of rotatable bonds is 7. The van der Waals surface area contributed by atoms with Crippen LogP contribution in [0.25, 0.3) is 23.0 Å². The number of nitrogens with one attached hydrogen (secondary N) is 1. The molecule has 1 heterocycles. The summed E-state index contributed by atoms with van der Waals surface area (Å²) in [6.07, 6.45) is 3.86. The Morgan fingerprint density at radius 1 is 0.943 bits per heavy atom. The van der Waals surface area contributed by atoms with Crippen LogP contribution in [0.2, 0.25) is 20.1 Å². The van der Waals surface area contributed by atoms with E-state index in [2.05, 4.69) is 5.32 Å². The maximum atomic E-state index is 12.4. The van der Waals surface area contributed by atoms with Crippen molar-refractivity contribution in [3.05, 3.63) is 110 Å². The Hall–Kier alpha value is -2.76. The molecule has 1 aromatic heterocycles. The van der Waals surface area contributed by atoms with Crippen LogP contribution in [0, 0.1) is 6.92 Å². The number of aromatic nitrogens is 2. The largest absolute Gasteiger partial charge is 0.352 e. The molecule has 3 aromatic carbocycles. The Morgan fingerprint density at radius 2 is 1.66 bits per heavy atom. The molecule has 0 spiro atoms. The second-order valence-electron chi connectivity index (χ2n) is 7.88. The third-order valence-corrected chi connectivity index (χ3v) is 6.43. The van der Waals surface area contributed by atoms with Crippen LogP contribution in [0.15, 0.2) is 72.8 Å². The SMILES string of the molecule is Cc1c(/C=C/C(=O)NCCc2cccc(Cl)c2)nn(-c2ccc(Cl)cc2Cl)c1-c1ccc(Cl)cc1. The first-order valence-electron chi connectivity index (χ1n) is 10.8. The molecule has 178 valence electrons. The first kappa shape index (κ1) is 25.3. The lowest BCUT2D eigenvalue weighted by Crippen LogP contribution is -2.23. The molecular weight excluding hydrogens is 524 g/mol. The Morgan fingerprint density at radius 3 is 2.37 bits per heavy atom. The average Bonchev–Trinajstić information content (AvgIpc) is 3.14. The number of halogens is 4. The molecule has 0 aliphatic carbocycles. The van der Waals surface area contributed by atoms with Gasteiger partial charge in [0.25, 0.3) is 0 Å². The van der Waals surface area contributed by atoms with Crippen LogP contribution in [0.4, 0.5) is 0 Å². The predicted molar refractivity (Wildman–Crippen MR) is 146 cm³/mol. The predicted octanol–water partition coefficient (Wildman–Crippen LogP) is 7.83. The second kappa shape index (κ2) is 11.3. The summed E-state index contributed by atoms with van der Waals surface area (Å²) in [7, 11) is 0. The summed E-state index contributed by atoms with van der Waals surface area (Å²) in [5.74, 6) is -0.210. The molecule has 1 amide bonds. The number of benzene rings is 3. The normalized spacial score (nSPS) is 11.2. The number of amides is 1. The van der Waals surface area contributed by atoms with Gasteiger partial charge >= 0.3 is 0 Å². The van der Waals surface area contributed by atoms with Crippen molar-refractivity contribution in [1.82, 2.24) is 15.1 Å². The van der Waals surface area contributed by atoms with Gasteiger partial charge in [0.05, 0.1) is 22.1 Å². The molecular formula is C27H21Cl4N3O. The average molecular weight is 545 g/mol. The monoisotopic (exact) mass is 543 g/mol. The minimum atomic E-state index is -0.210. The molecule has 0 bridgehead atoms. The summed E-state index contributed by atoms with van der Waals surface area (Å²) < 4.78 is 1.76. The lowest BCUT2D eigenvalue weighted by atomic mass is 10.1. The Bertz CT molecular complexity index is 1390. The van der Waals surface area contributed by atoms with Gasteiger partial charge in [-0.15, -0.1) is 0 Å². The van der Waals surface area contributed by atoms with Crippen molar-refractivity contribution in [2.24, 2.45) is 0 Å². The van der Waals surface area contributed by atoms with Crippen LogP contribution in [0.3, 0.4) is 0 Å². The zero-order chi connectivity index (χ0) is 24.9.